The van der Waals surface area contributed by atoms with E-state index in [0.29, 0.717) is 6.61 Å². The Bertz CT molecular complexity index is 373. The fraction of sp³-hybridized carbons (Fsp3) is 0.467. The van der Waals surface area contributed by atoms with Crippen LogP contribution in [0.25, 0.3) is 0 Å². The summed E-state index contributed by atoms with van der Waals surface area (Å²) in [5.74, 6) is 1.11. The van der Waals surface area contributed by atoms with Gasteiger partial charge < -0.3 is 9.84 Å². The van der Waals surface area contributed by atoms with Gasteiger partial charge >= 0.3 is 0 Å². The molecule has 0 saturated heterocycles. The first-order valence-corrected chi connectivity index (χ1v) is 6.33. The van der Waals surface area contributed by atoms with Crippen LogP contribution in [0.1, 0.15) is 37.2 Å². The standard InChI is InChI=1S/C15H20O2/c1-2-11-17-15-10-6-4-8-13(15)12-7-3-5-9-14(12)16/h2,4,6,8,10,12,14,16H,1,3,5,7,9,11H2. The quantitative estimate of drug-likeness (QED) is 0.807. The van der Waals surface area contributed by atoms with E-state index in [1.54, 1.807) is 6.08 Å². The minimum absolute atomic E-state index is 0.225. The third kappa shape index (κ3) is 2.89. The average Bonchev–Trinajstić information content (AvgIpc) is 2.37. The molecular weight excluding hydrogens is 212 g/mol. The maximum absolute atomic E-state index is 10.1. The van der Waals surface area contributed by atoms with Crippen molar-refractivity contribution in [1.29, 1.82) is 0 Å². The molecule has 0 bridgehead atoms. The van der Waals surface area contributed by atoms with E-state index in [-0.39, 0.29) is 12.0 Å². The SMILES string of the molecule is C=CCOc1ccccc1C1CCCCC1O. The van der Waals surface area contributed by atoms with Gasteiger partial charge in [0.1, 0.15) is 12.4 Å². The lowest BCUT2D eigenvalue weighted by atomic mass is 9.81. The highest BCUT2D eigenvalue weighted by Gasteiger charge is 2.26. The van der Waals surface area contributed by atoms with Crippen LogP contribution in [-0.4, -0.2) is 17.8 Å². The molecule has 0 aromatic heterocycles. The highest BCUT2D eigenvalue weighted by molar-refractivity contribution is 5.37. The summed E-state index contributed by atoms with van der Waals surface area (Å²) in [7, 11) is 0. The Kier molecular flexibility index (Phi) is 4.21. The van der Waals surface area contributed by atoms with Gasteiger partial charge in [0, 0.05) is 5.92 Å². The van der Waals surface area contributed by atoms with Crippen molar-refractivity contribution < 1.29 is 9.84 Å². The Morgan fingerprint density at radius 1 is 1.29 bits per heavy atom. The van der Waals surface area contributed by atoms with Crippen molar-refractivity contribution in [3.63, 3.8) is 0 Å². The molecule has 0 aliphatic heterocycles. The predicted octanol–water partition coefficient (Wildman–Crippen LogP) is 3.27. The number of benzene rings is 1. The van der Waals surface area contributed by atoms with E-state index in [2.05, 4.69) is 12.6 Å². The molecule has 1 fully saturated rings. The number of hydrogen-bond donors (Lipinski definition) is 1. The Labute approximate surface area is 103 Å². The van der Waals surface area contributed by atoms with Gasteiger partial charge in [0.25, 0.3) is 0 Å². The summed E-state index contributed by atoms with van der Waals surface area (Å²) in [4.78, 5) is 0. The second-order valence-corrected chi connectivity index (χ2v) is 4.60. The van der Waals surface area contributed by atoms with Gasteiger partial charge in [-0.05, 0) is 24.5 Å². The molecule has 1 aromatic carbocycles. The van der Waals surface area contributed by atoms with Crippen LogP contribution in [0.2, 0.25) is 0 Å². The second kappa shape index (κ2) is 5.87. The molecule has 2 atom stereocenters. The molecule has 2 unspecified atom stereocenters. The van der Waals surface area contributed by atoms with E-state index in [1.807, 2.05) is 18.2 Å². The largest absolute Gasteiger partial charge is 0.489 e. The van der Waals surface area contributed by atoms with Crippen LogP contribution < -0.4 is 4.74 Å². The van der Waals surface area contributed by atoms with Crippen LogP contribution in [0.15, 0.2) is 36.9 Å². The van der Waals surface area contributed by atoms with Gasteiger partial charge in [-0.1, -0.05) is 43.7 Å². The molecule has 1 saturated carbocycles. The Balaban J connectivity index is 2.20. The first-order chi connectivity index (χ1) is 8.33. The van der Waals surface area contributed by atoms with Crippen molar-refractivity contribution in [2.45, 2.75) is 37.7 Å². The van der Waals surface area contributed by atoms with Crippen LogP contribution in [0.4, 0.5) is 0 Å². The summed E-state index contributed by atoms with van der Waals surface area (Å²) < 4.78 is 5.66. The van der Waals surface area contributed by atoms with E-state index < -0.39 is 0 Å². The summed E-state index contributed by atoms with van der Waals surface area (Å²) in [5.41, 5.74) is 1.14. The molecule has 1 N–H and O–H groups in total. The van der Waals surface area contributed by atoms with Gasteiger partial charge in [0.05, 0.1) is 6.10 Å². The number of aliphatic hydroxyl groups is 1. The molecule has 0 heterocycles. The molecule has 2 nitrogen and oxygen atoms in total. The lowest BCUT2D eigenvalue weighted by molar-refractivity contribution is 0.105. The first-order valence-electron chi connectivity index (χ1n) is 6.33. The molecule has 1 aliphatic rings. The lowest BCUT2D eigenvalue weighted by Gasteiger charge is -2.29. The molecule has 17 heavy (non-hydrogen) atoms. The van der Waals surface area contributed by atoms with Gasteiger partial charge in [-0.3, -0.25) is 0 Å². The van der Waals surface area contributed by atoms with Crippen molar-refractivity contribution >= 4 is 0 Å². The van der Waals surface area contributed by atoms with E-state index in [9.17, 15) is 5.11 Å². The summed E-state index contributed by atoms with van der Waals surface area (Å²) in [6.07, 6.45) is 5.80. The minimum atomic E-state index is -0.225. The summed E-state index contributed by atoms with van der Waals surface area (Å²) in [6.45, 7) is 4.17. The zero-order chi connectivity index (χ0) is 12.1. The minimum Gasteiger partial charge on any atom is -0.489 e. The van der Waals surface area contributed by atoms with E-state index in [4.69, 9.17) is 4.74 Å². The molecule has 92 valence electrons. The van der Waals surface area contributed by atoms with Crippen LogP contribution in [0.5, 0.6) is 5.75 Å². The van der Waals surface area contributed by atoms with Crippen LogP contribution in [0, 0.1) is 0 Å². The Morgan fingerprint density at radius 3 is 2.82 bits per heavy atom. The van der Waals surface area contributed by atoms with Gasteiger partial charge in [0.2, 0.25) is 0 Å². The van der Waals surface area contributed by atoms with Crippen molar-refractivity contribution in [2.75, 3.05) is 6.61 Å². The molecule has 2 heteroatoms. The fourth-order valence-electron chi connectivity index (χ4n) is 2.54. The molecule has 1 aromatic rings. The fourth-order valence-corrected chi connectivity index (χ4v) is 2.54. The average molecular weight is 232 g/mol. The summed E-state index contributed by atoms with van der Waals surface area (Å²) in [6, 6.07) is 8.02. The molecular formula is C15H20O2. The van der Waals surface area contributed by atoms with E-state index in [0.717, 1.165) is 30.6 Å². The maximum atomic E-state index is 10.1. The molecule has 0 radical (unpaired) electrons. The summed E-state index contributed by atoms with van der Waals surface area (Å²) >= 11 is 0. The van der Waals surface area contributed by atoms with Crippen molar-refractivity contribution in [2.24, 2.45) is 0 Å². The third-order valence-electron chi connectivity index (χ3n) is 3.40. The van der Waals surface area contributed by atoms with Gasteiger partial charge in [-0.2, -0.15) is 0 Å². The first kappa shape index (κ1) is 12.2. The zero-order valence-electron chi connectivity index (χ0n) is 10.1. The van der Waals surface area contributed by atoms with Crippen molar-refractivity contribution in [3.05, 3.63) is 42.5 Å². The van der Waals surface area contributed by atoms with Gasteiger partial charge in [-0.15, -0.1) is 0 Å². The second-order valence-electron chi connectivity index (χ2n) is 4.60. The summed E-state index contributed by atoms with van der Waals surface area (Å²) in [5, 5.41) is 10.1. The zero-order valence-corrected chi connectivity index (χ0v) is 10.1. The predicted molar refractivity (Wildman–Crippen MR) is 69.3 cm³/mol. The number of ether oxygens (including phenoxy) is 1. The van der Waals surface area contributed by atoms with Crippen molar-refractivity contribution in [1.82, 2.24) is 0 Å². The lowest BCUT2D eigenvalue weighted by Crippen LogP contribution is -2.23. The Hall–Kier alpha value is -1.28. The Morgan fingerprint density at radius 2 is 2.06 bits per heavy atom. The smallest absolute Gasteiger partial charge is 0.123 e. The van der Waals surface area contributed by atoms with Gasteiger partial charge in [-0.25, -0.2) is 0 Å². The number of hydrogen-bond acceptors (Lipinski definition) is 2. The highest BCUT2D eigenvalue weighted by Crippen LogP contribution is 2.37. The maximum Gasteiger partial charge on any atom is 0.123 e. The molecule has 0 spiro atoms. The molecule has 0 amide bonds. The van der Waals surface area contributed by atoms with Crippen molar-refractivity contribution in [3.8, 4) is 5.75 Å². The third-order valence-corrected chi connectivity index (χ3v) is 3.40. The van der Waals surface area contributed by atoms with Crippen LogP contribution >= 0.6 is 0 Å². The van der Waals surface area contributed by atoms with Gasteiger partial charge in [0.15, 0.2) is 0 Å². The van der Waals surface area contributed by atoms with E-state index >= 15 is 0 Å². The molecule has 1 aliphatic carbocycles. The van der Waals surface area contributed by atoms with Crippen LogP contribution in [0.3, 0.4) is 0 Å². The highest BCUT2D eigenvalue weighted by atomic mass is 16.5. The number of rotatable bonds is 4. The number of para-hydroxylation sites is 1. The molecule has 2 rings (SSSR count). The van der Waals surface area contributed by atoms with E-state index in [1.165, 1.54) is 6.42 Å². The van der Waals surface area contributed by atoms with Crippen LogP contribution in [-0.2, 0) is 0 Å². The normalized spacial score (nSPS) is 24.3. The topological polar surface area (TPSA) is 29.5 Å². The number of aliphatic hydroxyl groups excluding tert-OH is 1. The monoisotopic (exact) mass is 232 g/mol.